The SMILES string of the molecule is CC(=O)NCCCCCC(=O)NCc1cccc(-c2ccc([C@@H]3O[C@H](CN(C)[C@@H](C)c4ccccc4)[C@H](C)[C@H](c4ccc(CO)cc4)O3)cc2)c1. The van der Waals surface area contributed by atoms with Gasteiger partial charge in [0, 0.05) is 50.5 Å². The highest BCUT2D eigenvalue weighted by molar-refractivity contribution is 5.76. The zero-order chi connectivity index (χ0) is 36.2. The van der Waals surface area contributed by atoms with Crippen LogP contribution in [0.4, 0.5) is 0 Å². The number of carbonyl (C=O) groups is 2. The molecule has 0 radical (unpaired) electrons. The molecule has 1 heterocycles. The summed E-state index contributed by atoms with van der Waals surface area (Å²) >= 11 is 0. The van der Waals surface area contributed by atoms with Gasteiger partial charge in [0.25, 0.3) is 0 Å². The van der Waals surface area contributed by atoms with E-state index in [0.717, 1.165) is 59.2 Å². The summed E-state index contributed by atoms with van der Waals surface area (Å²) in [5.74, 6) is 0.0996. The van der Waals surface area contributed by atoms with E-state index in [1.165, 1.54) is 12.5 Å². The molecule has 8 nitrogen and oxygen atoms in total. The van der Waals surface area contributed by atoms with E-state index in [4.69, 9.17) is 9.47 Å². The number of nitrogens with zero attached hydrogens (tertiary/aromatic N) is 1. The first-order valence-electron chi connectivity index (χ1n) is 18.2. The lowest BCUT2D eigenvalue weighted by Gasteiger charge is -2.43. The van der Waals surface area contributed by atoms with Gasteiger partial charge in [-0.2, -0.15) is 0 Å². The highest BCUT2D eigenvalue weighted by atomic mass is 16.7. The van der Waals surface area contributed by atoms with Crippen molar-refractivity contribution in [3.8, 4) is 11.1 Å². The van der Waals surface area contributed by atoms with Gasteiger partial charge in [-0.15, -0.1) is 0 Å². The predicted molar refractivity (Wildman–Crippen MR) is 201 cm³/mol. The molecular formula is C43H53N3O5. The Morgan fingerprint density at radius 3 is 2.24 bits per heavy atom. The molecule has 0 bridgehead atoms. The molecule has 4 aromatic carbocycles. The van der Waals surface area contributed by atoms with Crippen molar-refractivity contribution < 1.29 is 24.2 Å². The van der Waals surface area contributed by atoms with Gasteiger partial charge in [-0.05, 0) is 66.3 Å². The number of carbonyl (C=O) groups excluding carboxylic acids is 2. The molecule has 0 spiro atoms. The molecule has 0 saturated carbocycles. The van der Waals surface area contributed by atoms with E-state index in [2.05, 4.69) is 109 Å². The number of hydrogen-bond acceptors (Lipinski definition) is 6. The van der Waals surface area contributed by atoms with Gasteiger partial charge < -0.3 is 25.2 Å². The van der Waals surface area contributed by atoms with Gasteiger partial charge in [-0.25, -0.2) is 0 Å². The number of aliphatic hydroxyl groups is 1. The van der Waals surface area contributed by atoms with Crippen LogP contribution in [-0.4, -0.2) is 48.1 Å². The number of benzene rings is 4. The molecule has 0 aromatic heterocycles. The zero-order valence-corrected chi connectivity index (χ0v) is 30.4. The second-order valence-corrected chi connectivity index (χ2v) is 13.7. The number of likely N-dealkylation sites (N-methyl/N-ethyl adjacent to an activating group) is 1. The summed E-state index contributed by atoms with van der Waals surface area (Å²) in [6, 6.07) is 35.4. The second kappa shape index (κ2) is 18.8. The van der Waals surface area contributed by atoms with E-state index in [-0.39, 0.29) is 42.6 Å². The summed E-state index contributed by atoms with van der Waals surface area (Å²) in [5, 5.41) is 15.4. The summed E-state index contributed by atoms with van der Waals surface area (Å²) in [5.41, 5.74) is 7.33. The van der Waals surface area contributed by atoms with Crippen molar-refractivity contribution in [1.82, 2.24) is 15.5 Å². The minimum absolute atomic E-state index is 0.00478. The van der Waals surface area contributed by atoms with Crippen molar-refractivity contribution in [3.63, 3.8) is 0 Å². The Hall–Kier alpha value is -4.34. The highest BCUT2D eigenvalue weighted by Gasteiger charge is 2.39. The van der Waals surface area contributed by atoms with Crippen molar-refractivity contribution in [1.29, 1.82) is 0 Å². The van der Waals surface area contributed by atoms with Gasteiger partial charge in [0.15, 0.2) is 6.29 Å². The summed E-state index contributed by atoms with van der Waals surface area (Å²) in [6.07, 6.45) is 2.23. The number of hydrogen-bond donors (Lipinski definition) is 3. The normalized spacial score (nSPS) is 19.4. The minimum Gasteiger partial charge on any atom is -0.392 e. The molecule has 1 fully saturated rings. The molecule has 5 rings (SSSR count). The van der Waals surface area contributed by atoms with Crippen LogP contribution in [0.2, 0.25) is 0 Å². The first-order chi connectivity index (χ1) is 24.7. The minimum atomic E-state index is -0.546. The molecule has 1 saturated heterocycles. The zero-order valence-electron chi connectivity index (χ0n) is 30.4. The molecule has 5 atom stereocenters. The van der Waals surface area contributed by atoms with E-state index in [1.807, 2.05) is 30.3 Å². The van der Waals surface area contributed by atoms with Gasteiger partial charge in [0.1, 0.15) is 0 Å². The fourth-order valence-corrected chi connectivity index (χ4v) is 6.59. The highest BCUT2D eigenvalue weighted by Crippen LogP contribution is 2.42. The molecule has 3 N–H and O–H groups in total. The van der Waals surface area contributed by atoms with Crippen LogP contribution in [-0.2, 0) is 32.2 Å². The number of aliphatic hydroxyl groups excluding tert-OH is 1. The topological polar surface area (TPSA) is 100 Å². The van der Waals surface area contributed by atoms with E-state index in [1.54, 1.807) is 0 Å². The van der Waals surface area contributed by atoms with Crippen LogP contribution >= 0.6 is 0 Å². The first kappa shape index (κ1) is 37.9. The maximum Gasteiger partial charge on any atom is 0.220 e. The molecule has 1 aliphatic heterocycles. The number of unbranched alkanes of at least 4 members (excludes halogenated alkanes) is 2. The molecule has 270 valence electrons. The fourth-order valence-electron chi connectivity index (χ4n) is 6.59. The van der Waals surface area contributed by atoms with Crippen LogP contribution in [0.15, 0.2) is 103 Å². The summed E-state index contributed by atoms with van der Waals surface area (Å²) in [7, 11) is 2.15. The number of nitrogens with one attached hydrogen (secondary N) is 2. The number of rotatable bonds is 16. The van der Waals surface area contributed by atoms with Gasteiger partial charge in [-0.3, -0.25) is 14.5 Å². The van der Waals surface area contributed by atoms with Crippen molar-refractivity contribution in [2.24, 2.45) is 5.92 Å². The predicted octanol–water partition coefficient (Wildman–Crippen LogP) is 7.64. The van der Waals surface area contributed by atoms with Crippen molar-refractivity contribution in [2.45, 2.75) is 84.1 Å². The van der Waals surface area contributed by atoms with Crippen LogP contribution < -0.4 is 10.6 Å². The van der Waals surface area contributed by atoms with E-state index >= 15 is 0 Å². The van der Waals surface area contributed by atoms with Gasteiger partial charge in [-0.1, -0.05) is 110 Å². The van der Waals surface area contributed by atoms with Crippen molar-refractivity contribution >= 4 is 11.8 Å². The third-order valence-electron chi connectivity index (χ3n) is 9.92. The summed E-state index contributed by atoms with van der Waals surface area (Å²) < 4.78 is 13.5. The lowest BCUT2D eigenvalue weighted by Crippen LogP contribution is -2.44. The number of amides is 2. The Balaban J connectivity index is 1.24. The van der Waals surface area contributed by atoms with Crippen LogP contribution in [0.25, 0.3) is 11.1 Å². The Morgan fingerprint density at radius 2 is 1.53 bits per heavy atom. The van der Waals surface area contributed by atoms with Crippen LogP contribution in [0.1, 0.15) is 92.7 Å². The Kier molecular flexibility index (Phi) is 13.9. The lowest BCUT2D eigenvalue weighted by molar-refractivity contribution is -0.276. The molecule has 1 aliphatic rings. The molecule has 0 aliphatic carbocycles. The molecule has 51 heavy (non-hydrogen) atoms. The maximum absolute atomic E-state index is 12.4. The first-order valence-corrected chi connectivity index (χ1v) is 18.2. The fraction of sp³-hybridized carbons (Fsp3) is 0.395. The average Bonchev–Trinajstić information content (AvgIpc) is 3.16. The van der Waals surface area contributed by atoms with Crippen LogP contribution in [0, 0.1) is 5.92 Å². The Bertz CT molecular complexity index is 1680. The maximum atomic E-state index is 12.4. The van der Waals surface area contributed by atoms with Crippen LogP contribution in [0.3, 0.4) is 0 Å². The molecular weight excluding hydrogens is 638 g/mol. The monoisotopic (exact) mass is 691 g/mol. The van der Waals surface area contributed by atoms with Crippen molar-refractivity contribution in [2.75, 3.05) is 20.1 Å². The van der Waals surface area contributed by atoms with Crippen LogP contribution in [0.5, 0.6) is 0 Å². The van der Waals surface area contributed by atoms with Gasteiger partial charge in [0.2, 0.25) is 11.8 Å². The Morgan fingerprint density at radius 1 is 0.804 bits per heavy atom. The van der Waals surface area contributed by atoms with E-state index in [0.29, 0.717) is 19.5 Å². The quantitative estimate of drug-likeness (QED) is 0.105. The molecule has 2 amide bonds. The largest absolute Gasteiger partial charge is 0.392 e. The molecule has 0 unspecified atom stereocenters. The van der Waals surface area contributed by atoms with Gasteiger partial charge in [0.05, 0.1) is 18.8 Å². The van der Waals surface area contributed by atoms with Gasteiger partial charge >= 0.3 is 0 Å². The standard InChI is InChI=1S/C43H53N3O5/c1-30-40(28-46(4)31(2)35-13-7-5-8-14-35)50-43(51-42(30)37-19-17-33(29-47)18-20-37)38-23-21-36(22-24-38)39-15-11-12-34(26-39)27-45-41(49)16-9-6-10-25-44-32(3)48/h5,7-8,11-15,17-24,26,30-31,40,42-43,47H,6,9-10,16,25,27-29H2,1-4H3,(H,44,48)(H,45,49)/t30-,31-,40+,42+,43+/m0/s1. The number of ether oxygens (including phenoxy) is 2. The van der Waals surface area contributed by atoms with Crippen molar-refractivity contribution in [3.05, 3.63) is 131 Å². The molecule has 8 heteroatoms. The Labute approximate surface area is 303 Å². The smallest absolute Gasteiger partial charge is 0.220 e. The summed E-state index contributed by atoms with van der Waals surface area (Å²) in [6.45, 7) is 7.80. The average molecular weight is 692 g/mol. The lowest BCUT2D eigenvalue weighted by atomic mass is 9.89. The molecule has 4 aromatic rings. The second-order valence-electron chi connectivity index (χ2n) is 13.7. The third kappa shape index (κ3) is 10.8. The van der Waals surface area contributed by atoms with E-state index in [9.17, 15) is 14.7 Å². The summed E-state index contributed by atoms with van der Waals surface area (Å²) in [4.78, 5) is 25.8. The third-order valence-corrected chi connectivity index (χ3v) is 9.92. The van der Waals surface area contributed by atoms with E-state index < -0.39 is 6.29 Å².